The average molecular weight is 190 g/mol. The highest BCUT2D eigenvalue weighted by molar-refractivity contribution is 8.13. The molecule has 0 radical (unpaired) electrons. The third kappa shape index (κ3) is 8.04. The Morgan fingerprint density at radius 1 is 1.50 bits per heavy atom. The van der Waals surface area contributed by atoms with Gasteiger partial charge in [0.15, 0.2) is 5.12 Å². The molecule has 0 aliphatic rings. The minimum Gasteiger partial charge on any atom is -0.330 e. The van der Waals surface area contributed by atoms with Crippen molar-refractivity contribution in [2.75, 3.05) is 32.9 Å². The van der Waals surface area contributed by atoms with Gasteiger partial charge in [-0.1, -0.05) is 11.8 Å². The zero-order chi connectivity index (χ0) is 9.40. The molecule has 72 valence electrons. The van der Waals surface area contributed by atoms with Gasteiger partial charge in [0.1, 0.15) is 0 Å². The molecular formula is C8H18N2OS. The Morgan fingerprint density at radius 2 is 2.17 bits per heavy atom. The van der Waals surface area contributed by atoms with Crippen LogP contribution in [0.5, 0.6) is 0 Å². The minimum atomic E-state index is 0.275. The topological polar surface area (TPSA) is 46.3 Å². The van der Waals surface area contributed by atoms with Crippen LogP contribution in [0.2, 0.25) is 0 Å². The minimum absolute atomic E-state index is 0.275. The van der Waals surface area contributed by atoms with Gasteiger partial charge in [0.2, 0.25) is 0 Å². The summed E-state index contributed by atoms with van der Waals surface area (Å²) >= 11 is 1.40. The quantitative estimate of drug-likeness (QED) is 0.621. The van der Waals surface area contributed by atoms with E-state index in [1.807, 2.05) is 19.0 Å². The first kappa shape index (κ1) is 11.9. The molecule has 0 rings (SSSR count). The van der Waals surface area contributed by atoms with E-state index in [1.165, 1.54) is 11.8 Å². The smallest absolute Gasteiger partial charge is 0.190 e. The van der Waals surface area contributed by atoms with Gasteiger partial charge in [-0.05, 0) is 27.1 Å². The molecule has 3 nitrogen and oxygen atoms in total. The number of thioether (sulfide) groups is 1. The van der Waals surface area contributed by atoms with Crippen LogP contribution in [-0.2, 0) is 4.79 Å². The second-order valence-electron chi connectivity index (χ2n) is 2.92. The van der Waals surface area contributed by atoms with E-state index < -0.39 is 0 Å². The lowest BCUT2D eigenvalue weighted by Gasteiger charge is -2.07. The van der Waals surface area contributed by atoms with E-state index in [2.05, 4.69) is 0 Å². The first-order chi connectivity index (χ1) is 5.66. The van der Waals surface area contributed by atoms with Crippen LogP contribution in [-0.4, -0.2) is 43.0 Å². The van der Waals surface area contributed by atoms with E-state index in [1.54, 1.807) is 0 Å². The highest BCUT2D eigenvalue weighted by Gasteiger charge is 2.02. The Labute approximate surface area is 78.7 Å². The fourth-order valence-corrected chi connectivity index (χ4v) is 1.43. The molecule has 0 aromatic rings. The van der Waals surface area contributed by atoms with Gasteiger partial charge in [-0.3, -0.25) is 4.79 Å². The number of nitrogens with two attached hydrogens (primary N) is 1. The van der Waals surface area contributed by atoms with Crippen LogP contribution in [0.25, 0.3) is 0 Å². The van der Waals surface area contributed by atoms with Crippen molar-refractivity contribution in [1.82, 2.24) is 4.90 Å². The second-order valence-corrected chi connectivity index (χ2v) is 4.07. The number of rotatable bonds is 6. The van der Waals surface area contributed by atoms with Crippen molar-refractivity contribution in [1.29, 1.82) is 0 Å². The summed E-state index contributed by atoms with van der Waals surface area (Å²) in [4.78, 5) is 13.1. The summed E-state index contributed by atoms with van der Waals surface area (Å²) in [6.45, 7) is 1.52. The predicted molar refractivity (Wildman–Crippen MR) is 54.3 cm³/mol. The van der Waals surface area contributed by atoms with Gasteiger partial charge in [0, 0.05) is 18.7 Å². The normalized spacial score (nSPS) is 10.7. The maximum Gasteiger partial charge on any atom is 0.190 e. The van der Waals surface area contributed by atoms with E-state index in [9.17, 15) is 4.79 Å². The van der Waals surface area contributed by atoms with Crippen molar-refractivity contribution < 1.29 is 4.79 Å². The molecule has 12 heavy (non-hydrogen) atoms. The van der Waals surface area contributed by atoms with E-state index in [-0.39, 0.29) is 5.12 Å². The Balaban J connectivity index is 3.22. The standard InChI is InChI=1S/C8H18N2OS/c1-10(2)6-4-8(11)12-7-3-5-9/h3-7,9H2,1-2H3. The van der Waals surface area contributed by atoms with Crippen LogP contribution in [0.1, 0.15) is 12.8 Å². The van der Waals surface area contributed by atoms with E-state index in [0.717, 1.165) is 18.7 Å². The van der Waals surface area contributed by atoms with Crippen LogP contribution < -0.4 is 5.73 Å². The van der Waals surface area contributed by atoms with Gasteiger partial charge in [-0.15, -0.1) is 0 Å². The van der Waals surface area contributed by atoms with Crippen molar-refractivity contribution in [2.24, 2.45) is 5.73 Å². The molecule has 0 atom stereocenters. The number of hydrogen-bond donors (Lipinski definition) is 1. The molecule has 0 saturated heterocycles. The number of hydrogen-bond acceptors (Lipinski definition) is 4. The SMILES string of the molecule is CN(C)CCC(=O)SCCCN. The maximum absolute atomic E-state index is 11.1. The van der Waals surface area contributed by atoms with Crippen molar-refractivity contribution >= 4 is 16.9 Å². The van der Waals surface area contributed by atoms with E-state index in [4.69, 9.17) is 5.73 Å². The van der Waals surface area contributed by atoms with Gasteiger partial charge in [0.25, 0.3) is 0 Å². The molecule has 0 spiro atoms. The van der Waals surface area contributed by atoms with Crippen molar-refractivity contribution in [3.63, 3.8) is 0 Å². The maximum atomic E-state index is 11.1. The molecule has 0 amide bonds. The van der Waals surface area contributed by atoms with Gasteiger partial charge < -0.3 is 10.6 Å². The Hall–Kier alpha value is -0.0600. The summed E-state index contributed by atoms with van der Waals surface area (Å²) in [5.41, 5.74) is 5.30. The van der Waals surface area contributed by atoms with Crippen molar-refractivity contribution in [3.05, 3.63) is 0 Å². The Bertz CT molecular complexity index is 128. The molecule has 4 heteroatoms. The molecular weight excluding hydrogens is 172 g/mol. The van der Waals surface area contributed by atoms with Gasteiger partial charge in [-0.25, -0.2) is 0 Å². The third-order valence-electron chi connectivity index (χ3n) is 1.37. The molecule has 0 aromatic carbocycles. The van der Waals surface area contributed by atoms with Crippen molar-refractivity contribution in [2.45, 2.75) is 12.8 Å². The van der Waals surface area contributed by atoms with Crippen LogP contribution in [0.4, 0.5) is 0 Å². The summed E-state index contributed by atoms with van der Waals surface area (Å²) in [6.07, 6.45) is 1.57. The van der Waals surface area contributed by atoms with E-state index in [0.29, 0.717) is 13.0 Å². The zero-order valence-corrected chi connectivity index (χ0v) is 8.69. The summed E-state index contributed by atoms with van der Waals surface area (Å²) in [5, 5.41) is 0.275. The van der Waals surface area contributed by atoms with Crippen molar-refractivity contribution in [3.8, 4) is 0 Å². The summed E-state index contributed by atoms with van der Waals surface area (Å²) in [7, 11) is 3.94. The molecule has 0 aliphatic heterocycles. The lowest BCUT2D eigenvalue weighted by atomic mass is 10.4. The second kappa shape index (κ2) is 7.58. The number of carbonyl (C=O) groups is 1. The Morgan fingerprint density at radius 3 is 2.67 bits per heavy atom. The molecule has 0 aliphatic carbocycles. The summed E-state index contributed by atoms with van der Waals surface area (Å²) in [5.74, 6) is 0.864. The molecule has 0 saturated carbocycles. The van der Waals surface area contributed by atoms with Crippen LogP contribution in [0.15, 0.2) is 0 Å². The van der Waals surface area contributed by atoms with Gasteiger partial charge in [0.05, 0.1) is 0 Å². The highest BCUT2D eigenvalue weighted by Crippen LogP contribution is 2.06. The lowest BCUT2D eigenvalue weighted by Crippen LogP contribution is -2.15. The molecule has 0 unspecified atom stereocenters. The van der Waals surface area contributed by atoms with Gasteiger partial charge >= 0.3 is 0 Å². The monoisotopic (exact) mass is 190 g/mol. The van der Waals surface area contributed by atoms with Gasteiger partial charge in [-0.2, -0.15) is 0 Å². The van der Waals surface area contributed by atoms with E-state index >= 15 is 0 Å². The first-order valence-corrected chi connectivity index (χ1v) is 5.15. The number of nitrogens with zero attached hydrogens (tertiary/aromatic N) is 1. The molecule has 2 N–H and O–H groups in total. The average Bonchev–Trinajstić information content (AvgIpc) is 2.01. The third-order valence-corrected chi connectivity index (χ3v) is 2.39. The fraction of sp³-hybridized carbons (Fsp3) is 0.875. The summed E-state index contributed by atoms with van der Waals surface area (Å²) < 4.78 is 0. The summed E-state index contributed by atoms with van der Waals surface area (Å²) in [6, 6.07) is 0. The molecule has 0 heterocycles. The molecule has 0 fully saturated rings. The largest absolute Gasteiger partial charge is 0.330 e. The van der Waals surface area contributed by atoms with Crippen LogP contribution >= 0.6 is 11.8 Å². The molecule has 0 aromatic heterocycles. The highest BCUT2D eigenvalue weighted by atomic mass is 32.2. The van der Waals surface area contributed by atoms with Crippen LogP contribution in [0.3, 0.4) is 0 Å². The number of carbonyl (C=O) groups excluding carboxylic acids is 1. The predicted octanol–water partition coefficient (Wildman–Crippen LogP) is 0.547. The first-order valence-electron chi connectivity index (χ1n) is 4.17. The molecule has 0 bridgehead atoms. The lowest BCUT2D eigenvalue weighted by molar-refractivity contribution is -0.111. The fourth-order valence-electron chi connectivity index (χ4n) is 0.656. The zero-order valence-electron chi connectivity index (χ0n) is 7.88. The van der Waals surface area contributed by atoms with Crippen LogP contribution in [0, 0.1) is 0 Å². The Kier molecular flexibility index (Phi) is 7.54.